The van der Waals surface area contributed by atoms with Gasteiger partial charge in [0.15, 0.2) is 11.5 Å². The van der Waals surface area contributed by atoms with E-state index >= 15 is 0 Å². The molecule has 30 heavy (non-hydrogen) atoms. The van der Waals surface area contributed by atoms with Gasteiger partial charge in [-0.2, -0.15) is 0 Å². The van der Waals surface area contributed by atoms with Gasteiger partial charge < -0.3 is 18.8 Å². The molecule has 4 aromatic heterocycles. The number of furan rings is 2. The fourth-order valence-electron chi connectivity index (χ4n) is 3.68. The minimum absolute atomic E-state index is 0.833. The highest BCUT2D eigenvalue weighted by atomic mass is 33.1. The molecule has 6 heteroatoms. The van der Waals surface area contributed by atoms with E-state index in [1.54, 1.807) is 34.1 Å². The molecule has 4 nitrogen and oxygen atoms in total. The third kappa shape index (κ3) is 2.88. The molecular formula is C24H16N2O2S2. The molecule has 0 amide bonds. The predicted octanol–water partition coefficient (Wildman–Crippen LogP) is 7.97. The Morgan fingerprint density at radius 3 is 1.43 bits per heavy atom. The van der Waals surface area contributed by atoms with E-state index in [0.717, 1.165) is 43.7 Å². The van der Waals surface area contributed by atoms with E-state index < -0.39 is 0 Å². The lowest BCUT2D eigenvalue weighted by Gasteiger charge is -2.04. The van der Waals surface area contributed by atoms with Crippen molar-refractivity contribution in [2.75, 3.05) is 0 Å². The van der Waals surface area contributed by atoms with Crippen molar-refractivity contribution >= 4 is 43.4 Å². The number of benzene rings is 2. The van der Waals surface area contributed by atoms with Gasteiger partial charge in [-0.15, -0.1) is 0 Å². The number of rotatable bonds is 5. The summed E-state index contributed by atoms with van der Waals surface area (Å²) in [6.45, 7) is 0. The van der Waals surface area contributed by atoms with E-state index in [-0.39, 0.29) is 0 Å². The summed E-state index contributed by atoms with van der Waals surface area (Å²) in [6.07, 6.45) is 3.41. The quantitative estimate of drug-likeness (QED) is 0.273. The molecule has 0 saturated heterocycles. The van der Waals surface area contributed by atoms with Gasteiger partial charge in [0.25, 0.3) is 0 Å². The number of aromatic nitrogens is 2. The van der Waals surface area contributed by atoms with Crippen LogP contribution < -0.4 is 0 Å². The van der Waals surface area contributed by atoms with Crippen LogP contribution in [-0.4, -0.2) is 9.97 Å². The average molecular weight is 429 g/mol. The first-order valence-corrected chi connectivity index (χ1v) is 11.7. The molecule has 2 N–H and O–H groups in total. The fourth-order valence-corrected chi connectivity index (χ4v) is 6.39. The second-order valence-corrected chi connectivity index (χ2v) is 9.02. The molecule has 2 aromatic carbocycles. The summed E-state index contributed by atoms with van der Waals surface area (Å²) in [5.41, 5.74) is 4.19. The molecule has 6 aromatic rings. The number of fused-ring (bicyclic) bond motifs is 2. The van der Waals surface area contributed by atoms with Crippen molar-refractivity contribution in [3.05, 3.63) is 85.3 Å². The van der Waals surface area contributed by atoms with Gasteiger partial charge in [0.2, 0.25) is 0 Å². The van der Waals surface area contributed by atoms with Crippen molar-refractivity contribution < 1.29 is 8.83 Å². The molecule has 0 radical (unpaired) electrons. The van der Waals surface area contributed by atoms with Crippen molar-refractivity contribution in [2.45, 2.75) is 9.79 Å². The topological polar surface area (TPSA) is 57.9 Å². The van der Waals surface area contributed by atoms with Crippen molar-refractivity contribution in [1.82, 2.24) is 9.97 Å². The van der Waals surface area contributed by atoms with Gasteiger partial charge in [-0.25, -0.2) is 0 Å². The first-order valence-electron chi connectivity index (χ1n) is 9.52. The van der Waals surface area contributed by atoms with Crippen LogP contribution >= 0.6 is 21.6 Å². The molecule has 0 fully saturated rings. The van der Waals surface area contributed by atoms with E-state index in [2.05, 4.69) is 46.4 Å². The summed E-state index contributed by atoms with van der Waals surface area (Å²) in [5.74, 6) is 1.67. The van der Waals surface area contributed by atoms with Gasteiger partial charge in [0, 0.05) is 21.8 Å². The van der Waals surface area contributed by atoms with E-state index in [9.17, 15) is 0 Å². The molecule has 6 rings (SSSR count). The zero-order chi connectivity index (χ0) is 19.9. The van der Waals surface area contributed by atoms with Gasteiger partial charge >= 0.3 is 0 Å². The van der Waals surface area contributed by atoms with Gasteiger partial charge in [-0.3, -0.25) is 0 Å². The van der Waals surface area contributed by atoms with Crippen molar-refractivity contribution in [2.24, 2.45) is 0 Å². The number of hydrogen-bond donors (Lipinski definition) is 2. The monoisotopic (exact) mass is 428 g/mol. The van der Waals surface area contributed by atoms with E-state index in [1.807, 2.05) is 36.4 Å². The third-order valence-electron chi connectivity index (χ3n) is 5.06. The molecule has 4 heterocycles. The van der Waals surface area contributed by atoms with Crippen LogP contribution in [0.15, 0.2) is 104 Å². The lowest BCUT2D eigenvalue weighted by molar-refractivity contribution is 0.579. The van der Waals surface area contributed by atoms with Crippen LogP contribution in [0.2, 0.25) is 0 Å². The lowest BCUT2D eigenvalue weighted by Crippen LogP contribution is -1.77. The second kappa shape index (κ2) is 7.23. The minimum atomic E-state index is 0.833. The molecule has 0 aliphatic carbocycles. The third-order valence-corrected chi connectivity index (χ3v) is 7.58. The highest BCUT2D eigenvalue weighted by Crippen LogP contribution is 2.50. The van der Waals surface area contributed by atoms with E-state index in [1.165, 1.54) is 10.8 Å². The number of para-hydroxylation sites is 2. The fraction of sp³-hybridized carbons (Fsp3) is 0. The highest BCUT2D eigenvalue weighted by molar-refractivity contribution is 8.76. The standard InChI is InChI=1S/C24H16N2O2S2/c1-3-9-17-15(7-1)23(21(25-17)19-11-5-13-27-19)29-30-24-16-8-2-4-10-18(16)26-22(24)20-12-6-14-28-20/h1-14,25-26H. The maximum absolute atomic E-state index is 5.70. The molecule has 0 spiro atoms. The Morgan fingerprint density at radius 1 is 0.533 bits per heavy atom. The smallest absolute Gasteiger partial charge is 0.151 e. The number of aromatic amines is 2. The predicted molar refractivity (Wildman–Crippen MR) is 124 cm³/mol. The van der Waals surface area contributed by atoms with Gasteiger partial charge in [0.1, 0.15) is 0 Å². The summed E-state index contributed by atoms with van der Waals surface area (Å²) < 4.78 is 11.4. The van der Waals surface area contributed by atoms with E-state index in [0.29, 0.717) is 0 Å². The summed E-state index contributed by atoms with van der Waals surface area (Å²) in [5, 5.41) is 2.36. The maximum Gasteiger partial charge on any atom is 0.151 e. The molecule has 0 atom stereocenters. The number of H-pyrrole nitrogens is 2. The highest BCUT2D eigenvalue weighted by Gasteiger charge is 2.20. The summed E-state index contributed by atoms with van der Waals surface area (Å²) in [4.78, 5) is 9.35. The molecule has 0 saturated carbocycles. The van der Waals surface area contributed by atoms with Gasteiger partial charge in [0.05, 0.1) is 33.7 Å². The van der Waals surface area contributed by atoms with Gasteiger partial charge in [-0.05, 0) is 58.0 Å². The first-order chi connectivity index (χ1) is 14.9. The van der Waals surface area contributed by atoms with Crippen LogP contribution in [0.3, 0.4) is 0 Å². The molecule has 0 aliphatic heterocycles. The van der Waals surface area contributed by atoms with Crippen molar-refractivity contribution in [3.63, 3.8) is 0 Å². The summed E-state index contributed by atoms with van der Waals surface area (Å²) in [6, 6.07) is 24.5. The molecule has 146 valence electrons. The van der Waals surface area contributed by atoms with Crippen LogP contribution in [0.25, 0.3) is 44.7 Å². The Bertz CT molecular complexity index is 1330. The van der Waals surface area contributed by atoms with Crippen LogP contribution in [-0.2, 0) is 0 Å². The number of hydrogen-bond acceptors (Lipinski definition) is 4. The zero-order valence-electron chi connectivity index (χ0n) is 15.7. The first kappa shape index (κ1) is 17.6. The average Bonchev–Trinajstić information content (AvgIpc) is 3.58. The Hall–Kier alpha value is -3.22. The Balaban J connectivity index is 1.47. The molecular weight excluding hydrogens is 412 g/mol. The number of nitrogens with one attached hydrogen (secondary N) is 2. The molecule has 0 unspecified atom stereocenters. The minimum Gasteiger partial charge on any atom is -0.463 e. The maximum atomic E-state index is 5.70. The zero-order valence-corrected chi connectivity index (χ0v) is 17.3. The Labute approximate surface area is 180 Å². The molecule has 0 bridgehead atoms. The van der Waals surface area contributed by atoms with Crippen LogP contribution in [0.1, 0.15) is 0 Å². The van der Waals surface area contributed by atoms with Crippen LogP contribution in [0.5, 0.6) is 0 Å². The summed E-state index contributed by atoms with van der Waals surface area (Å²) in [7, 11) is 3.46. The van der Waals surface area contributed by atoms with Crippen molar-refractivity contribution in [1.29, 1.82) is 0 Å². The Morgan fingerprint density at radius 2 is 1.00 bits per heavy atom. The molecule has 0 aliphatic rings. The summed E-state index contributed by atoms with van der Waals surface area (Å²) >= 11 is 0. The lowest BCUT2D eigenvalue weighted by atomic mass is 10.2. The Kier molecular flexibility index (Phi) is 4.25. The largest absolute Gasteiger partial charge is 0.463 e. The van der Waals surface area contributed by atoms with Gasteiger partial charge in [-0.1, -0.05) is 36.4 Å². The van der Waals surface area contributed by atoms with E-state index in [4.69, 9.17) is 8.83 Å². The normalized spacial score (nSPS) is 11.6. The van der Waals surface area contributed by atoms with Crippen LogP contribution in [0, 0.1) is 0 Å². The second-order valence-electron chi connectivity index (χ2n) is 6.87. The SMILES string of the molecule is c1coc(-c2[nH]c3ccccc3c2SSc2c(-c3ccco3)[nH]c3ccccc23)c1. The van der Waals surface area contributed by atoms with Crippen molar-refractivity contribution in [3.8, 4) is 22.9 Å². The van der Waals surface area contributed by atoms with Crippen LogP contribution in [0.4, 0.5) is 0 Å².